The summed E-state index contributed by atoms with van der Waals surface area (Å²) in [6.07, 6.45) is 0. The molecule has 1 heterocycles. The summed E-state index contributed by atoms with van der Waals surface area (Å²) in [7, 11) is 1.67. The number of rotatable bonds is 4. The van der Waals surface area contributed by atoms with Gasteiger partial charge < -0.3 is 14.4 Å². The van der Waals surface area contributed by atoms with Crippen molar-refractivity contribution in [3.8, 4) is 11.5 Å². The maximum atomic E-state index is 13.4. The van der Waals surface area contributed by atoms with Crippen molar-refractivity contribution < 1.29 is 18.8 Å². The molecule has 0 bridgehead atoms. The van der Waals surface area contributed by atoms with Crippen molar-refractivity contribution in [2.75, 3.05) is 18.7 Å². The molecule has 0 saturated carbocycles. The Labute approximate surface area is 125 Å². The van der Waals surface area contributed by atoms with Crippen LogP contribution >= 0.6 is 0 Å². The number of hydrogen-bond donors (Lipinski definition) is 0. The maximum absolute atomic E-state index is 13.4. The highest BCUT2D eigenvalue weighted by Crippen LogP contribution is 2.34. The Hall–Kier alpha value is -2.83. The van der Waals surface area contributed by atoms with Gasteiger partial charge in [0.05, 0.1) is 4.92 Å². The molecule has 6 nitrogen and oxygen atoms in total. The number of nitro groups is 1. The van der Waals surface area contributed by atoms with Gasteiger partial charge in [-0.3, -0.25) is 10.1 Å². The highest BCUT2D eigenvalue weighted by Gasteiger charge is 2.19. The minimum absolute atomic E-state index is 0.135. The molecule has 1 aliphatic heterocycles. The molecule has 114 valence electrons. The van der Waals surface area contributed by atoms with Crippen LogP contribution in [0.5, 0.6) is 11.5 Å². The van der Waals surface area contributed by atoms with Gasteiger partial charge in [0.1, 0.15) is 11.5 Å². The minimum atomic E-state index is -0.523. The maximum Gasteiger partial charge on any atom is 0.292 e. The first-order valence-electron chi connectivity index (χ1n) is 6.58. The molecular weight excluding hydrogens is 291 g/mol. The molecule has 0 unspecified atom stereocenters. The van der Waals surface area contributed by atoms with Crippen molar-refractivity contribution >= 4 is 11.4 Å². The minimum Gasteiger partial charge on any atom is -0.454 e. The summed E-state index contributed by atoms with van der Waals surface area (Å²) in [4.78, 5) is 12.2. The number of fused-ring (bicyclic) bond motifs is 1. The van der Waals surface area contributed by atoms with Gasteiger partial charge in [0.2, 0.25) is 6.79 Å². The van der Waals surface area contributed by atoms with Crippen molar-refractivity contribution in [2.24, 2.45) is 0 Å². The van der Waals surface area contributed by atoms with Gasteiger partial charge in [-0.25, -0.2) is 4.39 Å². The zero-order valence-corrected chi connectivity index (χ0v) is 11.8. The normalized spacial score (nSPS) is 12.3. The molecule has 7 heteroatoms. The fourth-order valence-corrected chi connectivity index (χ4v) is 2.36. The molecule has 2 aromatic rings. The molecule has 0 saturated heterocycles. The molecule has 0 N–H and O–H groups in total. The quantitative estimate of drug-likeness (QED) is 0.641. The van der Waals surface area contributed by atoms with Crippen LogP contribution in [0.1, 0.15) is 5.56 Å². The number of halogens is 1. The van der Waals surface area contributed by atoms with Crippen LogP contribution in [-0.4, -0.2) is 18.8 Å². The summed E-state index contributed by atoms with van der Waals surface area (Å²) in [6, 6.07) is 8.84. The van der Waals surface area contributed by atoms with Crippen LogP contribution in [0.15, 0.2) is 36.4 Å². The SMILES string of the molecule is CN(Cc1ccc2c(c1)OCO2)c1cc(F)ccc1[N+](=O)[O-]. The topological polar surface area (TPSA) is 64.8 Å². The standard InChI is InChI=1S/C15H13FN2O4/c1-17(13-7-11(16)3-4-12(13)18(19)20)8-10-2-5-14-15(6-10)22-9-21-14/h2-7H,8-9H2,1H3. The number of nitro benzene ring substituents is 1. The second-order valence-corrected chi connectivity index (χ2v) is 4.93. The van der Waals surface area contributed by atoms with E-state index in [0.717, 1.165) is 17.7 Å². The van der Waals surface area contributed by atoms with Crippen LogP contribution in [0, 0.1) is 15.9 Å². The summed E-state index contributed by atoms with van der Waals surface area (Å²) in [6.45, 7) is 0.560. The molecule has 0 spiro atoms. The Morgan fingerprint density at radius 2 is 2.00 bits per heavy atom. The Bertz CT molecular complexity index is 735. The Balaban J connectivity index is 1.87. The number of anilines is 1. The number of hydrogen-bond acceptors (Lipinski definition) is 5. The van der Waals surface area contributed by atoms with Crippen molar-refractivity contribution in [3.63, 3.8) is 0 Å². The van der Waals surface area contributed by atoms with Crippen molar-refractivity contribution in [2.45, 2.75) is 6.54 Å². The van der Waals surface area contributed by atoms with E-state index in [1.165, 1.54) is 6.07 Å². The van der Waals surface area contributed by atoms with Crippen LogP contribution in [0.25, 0.3) is 0 Å². The summed E-state index contributed by atoms with van der Waals surface area (Å²) in [5.41, 5.74) is 0.970. The van der Waals surface area contributed by atoms with E-state index in [4.69, 9.17) is 9.47 Å². The molecule has 0 fully saturated rings. The zero-order chi connectivity index (χ0) is 15.7. The van der Waals surface area contributed by atoms with Gasteiger partial charge in [0.25, 0.3) is 5.69 Å². The zero-order valence-electron chi connectivity index (χ0n) is 11.8. The van der Waals surface area contributed by atoms with E-state index in [0.29, 0.717) is 18.0 Å². The highest BCUT2D eigenvalue weighted by molar-refractivity contribution is 5.63. The predicted octanol–water partition coefficient (Wildman–Crippen LogP) is 3.10. The van der Waals surface area contributed by atoms with Gasteiger partial charge in [0.15, 0.2) is 11.5 Å². The first-order chi connectivity index (χ1) is 10.5. The molecular formula is C15H13FN2O4. The average molecular weight is 304 g/mol. The summed E-state index contributed by atoms with van der Waals surface area (Å²) in [5, 5.41) is 11.1. The van der Waals surface area contributed by atoms with Gasteiger partial charge >= 0.3 is 0 Å². The summed E-state index contributed by atoms with van der Waals surface area (Å²) < 4.78 is 23.9. The third kappa shape index (κ3) is 2.65. The fourth-order valence-electron chi connectivity index (χ4n) is 2.36. The van der Waals surface area contributed by atoms with E-state index in [2.05, 4.69) is 0 Å². The van der Waals surface area contributed by atoms with E-state index in [9.17, 15) is 14.5 Å². The molecule has 22 heavy (non-hydrogen) atoms. The largest absolute Gasteiger partial charge is 0.454 e. The Morgan fingerprint density at radius 1 is 1.23 bits per heavy atom. The van der Waals surface area contributed by atoms with Gasteiger partial charge in [-0.05, 0) is 23.8 Å². The molecule has 0 radical (unpaired) electrons. The van der Waals surface area contributed by atoms with E-state index >= 15 is 0 Å². The second-order valence-electron chi connectivity index (χ2n) is 4.93. The Morgan fingerprint density at radius 3 is 2.77 bits per heavy atom. The molecule has 1 aliphatic rings. The molecule has 3 rings (SSSR count). The smallest absolute Gasteiger partial charge is 0.292 e. The van der Waals surface area contributed by atoms with Gasteiger partial charge in [-0.2, -0.15) is 0 Å². The van der Waals surface area contributed by atoms with Crippen LogP contribution in [0.2, 0.25) is 0 Å². The number of benzene rings is 2. The second kappa shape index (κ2) is 5.51. The lowest BCUT2D eigenvalue weighted by atomic mass is 10.1. The monoisotopic (exact) mass is 304 g/mol. The van der Waals surface area contributed by atoms with Gasteiger partial charge in [0, 0.05) is 25.7 Å². The Kier molecular flexibility index (Phi) is 3.54. The number of ether oxygens (including phenoxy) is 2. The predicted molar refractivity (Wildman–Crippen MR) is 77.7 cm³/mol. The molecule has 2 aromatic carbocycles. The molecule has 0 atom stereocenters. The van der Waals surface area contributed by atoms with Gasteiger partial charge in [-0.15, -0.1) is 0 Å². The summed E-state index contributed by atoms with van der Waals surface area (Å²) in [5.74, 6) is 0.793. The van der Waals surface area contributed by atoms with Crippen molar-refractivity contribution in [3.05, 3.63) is 57.9 Å². The molecule has 0 aromatic heterocycles. The molecule has 0 aliphatic carbocycles. The molecule has 0 amide bonds. The van der Waals surface area contributed by atoms with E-state index in [1.54, 1.807) is 18.0 Å². The summed E-state index contributed by atoms with van der Waals surface area (Å²) >= 11 is 0. The lowest BCUT2D eigenvalue weighted by molar-refractivity contribution is -0.384. The van der Waals surface area contributed by atoms with Crippen molar-refractivity contribution in [1.82, 2.24) is 0 Å². The van der Waals surface area contributed by atoms with E-state index < -0.39 is 10.7 Å². The van der Waals surface area contributed by atoms with Gasteiger partial charge in [-0.1, -0.05) is 6.07 Å². The van der Waals surface area contributed by atoms with Crippen LogP contribution in [0.4, 0.5) is 15.8 Å². The highest BCUT2D eigenvalue weighted by atomic mass is 19.1. The van der Waals surface area contributed by atoms with Crippen LogP contribution in [0.3, 0.4) is 0 Å². The lowest BCUT2D eigenvalue weighted by Crippen LogP contribution is -2.17. The third-order valence-electron chi connectivity index (χ3n) is 3.40. The fraction of sp³-hybridized carbons (Fsp3) is 0.200. The third-order valence-corrected chi connectivity index (χ3v) is 3.40. The van der Waals surface area contributed by atoms with E-state index in [-0.39, 0.29) is 18.2 Å². The lowest BCUT2D eigenvalue weighted by Gasteiger charge is -2.19. The van der Waals surface area contributed by atoms with Crippen LogP contribution < -0.4 is 14.4 Å². The first kappa shape index (κ1) is 14.1. The van der Waals surface area contributed by atoms with Crippen molar-refractivity contribution in [1.29, 1.82) is 0 Å². The first-order valence-corrected chi connectivity index (χ1v) is 6.58. The average Bonchev–Trinajstić information content (AvgIpc) is 2.94. The van der Waals surface area contributed by atoms with Crippen LogP contribution in [-0.2, 0) is 6.54 Å². The van der Waals surface area contributed by atoms with E-state index in [1.807, 2.05) is 12.1 Å². The number of nitrogens with zero attached hydrogens (tertiary/aromatic N) is 2.